The highest BCUT2D eigenvalue weighted by molar-refractivity contribution is 7.89. The van der Waals surface area contributed by atoms with Gasteiger partial charge in [0, 0.05) is 30.9 Å². The molecule has 2 aromatic rings. The summed E-state index contributed by atoms with van der Waals surface area (Å²) >= 11 is 5.69. The van der Waals surface area contributed by atoms with Crippen LogP contribution in [-0.2, 0) is 10.0 Å². The summed E-state index contributed by atoms with van der Waals surface area (Å²) in [4.78, 5) is 11.9. The molecule has 1 heterocycles. The molecule has 1 aliphatic rings. The lowest BCUT2D eigenvalue weighted by Crippen LogP contribution is -2.39. The zero-order valence-corrected chi connectivity index (χ0v) is 17.5. The van der Waals surface area contributed by atoms with E-state index < -0.39 is 32.5 Å². The third kappa shape index (κ3) is 4.97. The second-order valence-corrected chi connectivity index (χ2v) is 9.40. The van der Waals surface area contributed by atoms with Crippen LogP contribution in [0.4, 0.5) is 14.5 Å². The van der Waals surface area contributed by atoms with Gasteiger partial charge in [0.1, 0.15) is 16.5 Å². The van der Waals surface area contributed by atoms with Gasteiger partial charge >= 0.3 is 0 Å². The van der Waals surface area contributed by atoms with E-state index in [1.165, 1.54) is 22.5 Å². The van der Waals surface area contributed by atoms with Crippen LogP contribution in [-0.4, -0.2) is 43.4 Å². The van der Waals surface area contributed by atoms with Crippen LogP contribution in [0.5, 0.6) is 0 Å². The first-order chi connectivity index (χ1) is 14.2. The number of benzene rings is 2. The maximum atomic E-state index is 14.4. The highest BCUT2D eigenvalue weighted by Gasteiger charge is 2.31. The quantitative estimate of drug-likeness (QED) is 0.691. The fraction of sp³-hybridized carbons (Fsp3) is 0.350. The van der Waals surface area contributed by atoms with Gasteiger partial charge in [0.15, 0.2) is 0 Å². The van der Waals surface area contributed by atoms with Gasteiger partial charge < -0.3 is 10.4 Å². The van der Waals surface area contributed by atoms with Crippen LogP contribution in [0.2, 0.25) is 5.02 Å². The van der Waals surface area contributed by atoms with Crippen LogP contribution in [0.1, 0.15) is 29.6 Å². The minimum absolute atomic E-state index is 0.0441. The Morgan fingerprint density at radius 3 is 2.43 bits per heavy atom. The lowest BCUT2D eigenvalue weighted by molar-refractivity contribution is 0.102. The van der Waals surface area contributed by atoms with Crippen LogP contribution in [0.3, 0.4) is 0 Å². The smallest absolute Gasteiger partial charge is 0.255 e. The molecule has 1 aliphatic heterocycles. The van der Waals surface area contributed by atoms with E-state index >= 15 is 0 Å². The van der Waals surface area contributed by atoms with Crippen molar-refractivity contribution in [2.75, 3.05) is 25.0 Å². The average Bonchev–Trinajstić information content (AvgIpc) is 2.71. The SMILES string of the molecule is O=C(Nc1ccc(F)c(Cl)c1)c1ccc(F)c(S(=O)(=O)N2CCC(CCO)CC2)c1. The number of carbonyl (C=O) groups is 1. The summed E-state index contributed by atoms with van der Waals surface area (Å²) < 4.78 is 54.7. The number of piperidine rings is 1. The predicted molar refractivity (Wildman–Crippen MR) is 109 cm³/mol. The number of nitrogens with one attached hydrogen (secondary N) is 1. The third-order valence-electron chi connectivity index (χ3n) is 5.10. The molecule has 3 rings (SSSR count). The Morgan fingerprint density at radius 2 is 1.80 bits per heavy atom. The van der Waals surface area contributed by atoms with E-state index in [0.29, 0.717) is 19.3 Å². The van der Waals surface area contributed by atoms with Crippen LogP contribution < -0.4 is 5.32 Å². The second kappa shape index (κ2) is 9.38. The molecule has 0 unspecified atom stereocenters. The Bertz CT molecular complexity index is 1040. The first-order valence-electron chi connectivity index (χ1n) is 9.39. The number of carbonyl (C=O) groups excluding carboxylic acids is 1. The van der Waals surface area contributed by atoms with Gasteiger partial charge in [-0.1, -0.05) is 11.6 Å². The summed E-state index contributed by atoms with van der Waals surface area (Å²) in [5.41, 5.74) is 0.150. The van der Waals surface area contributed by atoms with Gasteiger partial charge in [-0.2, -0.15) is 4.31 Å². The van der Waals surface area contributed by atoms with Crippen LogP contribution in [0, 0.1) is 17.6 Å². The van der Waals surface area contributed by atoms with Crippen molar-refractivity contribution in [2.45, 2.75) is 24.2 Å². The molecule has 0 aromatic heterocycles. The molecule has 1 fully saturated rings. The molecule has 0 spiro atoms. The molecular formula is C20H21ClF2N2O4S. The second-order valence-electron chi connectivity index (χ2n) is 7.09. The van der Waals surface area contributed by atoms with Crippen LogP contribution >= 0.6 is 11.6 Å². The average molecular weight is 459 g/mol. The zero-order valence-electron chi connectivity index (χ0n) is 15.9. The van der Waals surface area contributed by atoms with E-state index in [9.17, 15) is 22.0 Å². The standard InChI is InChI=1S/C20H21ClF2N2O4S/c21-16-12-15(2-4-17(16)22)24-20(27)14-1-3-18(23)19(11-14)30(28,29)25-8-5-13(6-9-25)7-10-26/h1-4,11-13,26H,5-10H2,(H,24,27). The van der Waals surface area contributed by atoms with E-state index in [4.69, 9.17) is 16.7 Å². The number of hydrogen-bond donors (Lipinski definition) is 2. The zero-order chi connectivity index (χ0) is 21.9. The number of hydrogen-bond acceptors (Lipinski definition) is 4. The Hall–Kier alpha value is -2.07. The molecule has 0 radical (unpaired) electrons. The van der Waals surface area contributed by atoms with Gasteiger partial charge in [-0.05, 0) is 61.6 Å². The normalized spacial score (nSPS) is 15.9. The minimum atomic E-state index is -4.13. The molecular weight excluding hydrogens is 438 g/mol. The molecule has 10 heteroatoms. The van der Waals surface area contributed by atoms with Crippen molar-refractivity contribution in [2.24, 2.45) is 5.92 Å². The number of sulfonamides is 1. The molecule has 1 saturated heterocycles. The highest BCUT2D eigenvalue weighted by Crippen LogP contribution is 2.28. The highest BCUT2D eigenvalue weighted by atomic mass is 35.5. The molecule has 2 aromatic carbocycles. The molecule has 0 saturated carbocycles. The summed E-state index contributed by atoms with van der Waals surface area (Å²) in [6.45, 7) is 0.482. The van der Waals surface area contributed by atoms with Crippen molar-refractivity contribution < 1.29 is 27.1 Å². The Labute approximate surface area is 178 Å². The largest absolute Gasteiger partial charge is 0.396 e. The van der Waals surface area contributed by atoms with Gasteiger partial charge in [-0.25, -0.2) is 17.2 Å². The number of aliphatic hydroxyl groups excluding tert-OH is 1. The van der Waals surface area contributed by atoms with Crippen molar-refractivity contribution in [3.63, 3.8) is 0 Å². The van der Waals surface area contributed by atoms with Crippen LogP contribution in [0.15, 0.2) is 41.3 Å². The molecule has 6 nitrogen and oxygen atoms in total. The summed E-state index contributed by atoms with van der Waals surface area (Å²) in [6, 6.07) is 6.69. The van der Waals surface area contributed by atoms with Crippen LogP contribution in [0.25, 0.3) is 0 Å². The fourth-order valence-corrected chi connectivity index (χ4v) is 5.12. The maximum absolute atomic E-state index is 14.4. The number of aliphatic hydroxyl groups is 1. The van der Waals surface area contributed by atoms with Gasteiger partial charge in [-0.3, -0.25) is 4.79 Å². The summed E-state index contributed by atoms with van der Waals surface area (Å²) in [7, 11) is -4.13. The molecule has 0 bridgehead atoms. The van der Waals surface area contributed by atoms with Crippen molar-refractivity contribution in [3.05, 3.63) is 58.6 Å². The van der Waals surface area contributed by atoms with E-state index in [1.807, 2.05) is 0 Å². The van der Waals surface area contributed by atoms with Gasteiger partial charge in [0.25, 0.3) is 5.91 Å². The predicted octanol–water partition coefficient (Wildman–Crippen LogP) is 3.65. The number of anilines is 1. The Morgan fingerprint density at radius 1 is 1.13 bits per heavy atom. The monoisotopic (exact) mass is 458 g/mol. The molecule has 30 heavy (non-hydrogen) atoms. The van der Waals surface area contributed by atoms with Crippen molar-refractivity contribution >= 4 is 33.2 Å². The lowest BCUT2D eigenvalue weighted by atomic mass is 9.95. The molecule has 1 amide bonds. The first-order valence-corrected chi connectivity index (χ1v) is 11.2. The maximum Gasteiger partial charge on any atom is 0.255 e. The summed E-state index contributed by atoms with van der Waals surface area (Å²) in [5, 5.41) is 11.3. The third-order valence-corrected chi connectivity index (χ3v) is 7.30. The molecule has 2 N–H and O–H groups in total. The van der Waals surface area contributed by atoms with Crippen molar-refractivity contribution in [1.82, 2.24) is 4.31 Å². The molecule has 162 valence electrons. The number of nitrogens with zero attached hydrogens (tertiary/aromatic N) is 1. The minimum Gasteiger partial charge on any atom is -0.396 e. The fourth-order valence-electron chi connectivity index (χ4n) is 3.38. The van der Waals surface area contributed by atoms with E-state index in [2.05, 4.69) is 5.32 Å². The topological polar surface area (TPSA) is 86.7 Å². The van der Waals surface area contributed by atoms with Gasteiger partial charge in [0.05, 0.1) is 5.02 Å². The van der Waals surface area contributed by atoms with Crippen molar-refractivity contribution in [3.8, 4) is 0 Å². The van der Waals surface area contributed by atoms with E-state index in [0.717, 1.165) is 18.2 Å². The van der Waals surface area contributed by atoms with E-state index in [-0.39, 0.29) is 41.9 Å². The van der Waals surface area contributed by atoms with Gasteiger partial charge in [-0.15, -0.1) is 0 Å². The van der Waals surface area contributed by atoms with Gasteiger partial charge in [0.2, 0.25) is 10.0 Å². The molecule has 0 atom stereocenters. The summed E-state index contributed by atoms with van der Waals surface area (Å²) in [5.74, 6) is -2.05. The lowest BCUT2D eigenvalue weighted by Gasteiger charge is -2.31. The van der Waals surface area contributed by atoms with Crippen molar-refractivity contribution in [1.29, 1.82) is 0 Å². The Balaban J connectivity index is 1.80. The molecule has 0 aliphatic carbocycles. The number of amides is 1. The first kappa shape index (κ1) is 22.6. The number of halogens is 3. The Kier molecular flexibility index (Phi) is 7.07. The number of rotatable bonds is 6. The summed E-state index contributed by atoms with van der Waals surface area (Å²) in [6.07, 6.45) is 1.76. The van der Waals surface area contributed by atoms with E-state index in [1.54, 1.807) is 0 Å².